The molecule has 2 heterocycles. The number of carbonyl (C=O) groups is 1. The fourth-order valence-electron chi connectivity index (χ4n) is 3.73. The highest BCUT2D eigenvalue weighted by Crippen LogP contribution is 2.37. The van der Waals surface area contributed by atoms with E-state index < -0.39 is 5.41 Å². The lowest BCUT2D eigenvalue weighted by molar-refractivity contribution is -0.126. The van der Waals surface area contributed by atoms with Crippen LogP contribution < -0.4 is 5.32 Å². The first kappa shape index (κ1) is 16.5. The number of hydrogen-bond donors (Lipinski definition) is 1. The molecule has 26 heavy (non-hydrogen) atoms. The van der Waals surface area contributed by atoms with Crippen LogP contribution in [0.5, 0.6) is 0 Å². The summed E-state index contributed by atoms with van der Waals surface area (Å²) < 4.78 is 1.85. The topological polar surface area (TPSA) is 59.8 Å². The van der Waals surface area contributed by atoms with Gasteiger partial charge >= 0.3 is 0 Å². The summed E-state index contributed by atoms with van der Waals surface area (Å²) in [6.45, 7) is 2.54. The van der Waals surface area contributed by atoms with E-state index in [-0.39, 0.29) is 5.91 Å². The van der Waals surface area contributed by atoms with Crippen molar-refractivity contribution < 1.29 is 4.79 Å². The number of fused-ring (bicyclic) bond motifs is 1. The Morgan fingerprint density at radius 2 is 2.15 bits per heavy atom. The third-order valence-electron chi connectivity index (χ3n) is 5.27. The van der Waals surface area contributed by atoms with Crippen LogP contribution >= 0.6 is 0 Å². The Balaban J connectivity index is 1.46. The number of imidazole rings is 1. The van der Waals surface area contributed by atoms with Crippen molar-refractivity contribution in [2.75, 3.05) is 0 Å². The van der Waals surface area contributed by atoms with Crippen molar-refractivity contribution in [3.8, 4) is 5.82 Å². The number of pyridine rings is 1. The smallest absolute Gasteiger partial charge is 0.230 e. The fourth-order valence-corrected chi connectivity index (χ4v) is 3.73. The molecule has 1 aliphatic rings. The Labute approximate surface area is 153 Å². The van der Waals surface area contributed by atoms with Gasteiger partial charge in [-0.1, -0.05) is 30.3 Å². The molecule has 0 aliphatic heterocycles. The number of aryl methyl sites for hydroxylation is 1. The summed E-state index contributed by atoms with van der Waals surface area (Å²) in [4.78, 5) is 21.4. The Bertz CT molecular complexity index is 902. The molecule has 0 spiro atoms. The number of carbonyl (C=O) groups excluding carboxylic acids is 1. The highest BCUT2D eigenvalue weighted by Gasteiger charge is 2.38. The van der Waals surface area contributed by atoms with E-state index in [1.165, 1.54) is 5.56 Å². The maximum absolute atomic E-state index is 13.0. The molecule has 2 aromatic heterocycles. The van der Waals surface area contributed by atoms with Crippen LogP contribution in [-0.2, 0) is 23.2 Å². The summed E-state index contributed by atoms with van der Waals surface area (Å²) in [7, 11) is 0. The number of rotatable bonds is 4. The quantitative estimate of drug-likeness (QED) is 0.789. The van der Waals surface area contributed by atoms with Gasteiger partial charge in [0.25, 0.3) is 0 Å². The zero-order valence-corrected chi connectivity index (χ0v) is 14.9. The van der Waals surface area contributed by atoms with Gasteiger partial charge in [0.2, 0.25) is 5.91 Å². The standard InChI is InChI=1S/C21H22N4O/c1-21(10-4-6-17-5-2-3-7-18(17)21)20(26)24-14-16-8-9-19(23-13-16)25-12-11-22-15-25/h2-3,5,7-9,11-13,15H,4,6,10,14H2,1H3,(H,24,26)/t21-/m1/s1. The molecule has 5 nitrogen and oxygen atoms in total. The SMILES string of the molecule is C[C@@]1(C(=O)NCc2ccc(-n3ccnc3)nc2)CCCc2ccccc21. The van der Waals surface area contributed by atoms with E-state index >= 15 is 0 Å². The van der Waals surface area contributed by atoms with Gasteiger partial charge in [-0.3, -0.25) is 9.36 Å². The number of benzene rings is 1. The summed E-state index contributed by atoms with van der Waals surface area (Å²) >= 11 is 0. The molecule has 4 rings (SSSR count). The first-order chi connectivity index (χ1) is 12.7. The number of nitrogens with zero attached hydrogens (tertiary/aromatic N) is 3. The van der Waals surface area contributed by atoms with E-state index in [0.29, 0.717) is 6.54 Å². The van der Waals surface area contributed by atoms with Crippen molar-refractivity contribution in [2.24, 2.45) is 0 Å². The van der Waals surface area contributed by atoms with Crippen molar-refractivity contribution in [2.45, 2.75) is 38.1 Å². The zero-order valence-electron chi connectivity index (χ0n) is 14.9. The predicted octanol–water partition coefficient (Wildman–Crippen LogP) is 3.18. The average molecular weight is 346 g/mol. The van der Waals surface area contributed by atoms with Crippen LogP contribution in [-0.4, -0.2) is 20.4 Å². The summed E-state index contributed by atoms with van der Waals surface area (Å²) in [6, 6.07) is 12.2. The van der Waals surface area contributed by atoms with Crippen molar-refractivity contribution in [1.82, 2.24) is 19.9 Å². The predicted molar refractivity (Wildman–Crippen MR) is 99.9 cm³/mol. The number of aromatic nitrogens is 3. The summed E-state index contributed by atoms with van der Waals surface area (Å²) in [6.07, 6.45) is 10.1. The van der Waals surface area contributed by atoms with Gasteiger partial charge in [-0.05, 0) is 48.9 Å². The monoisotopic (exact) mass is 346 g/mol. The van der Waals surface area contributed by atoms with Gasteiger partial charge in [0.1, 0.15) is 12.1 Å². The highest BCUT2D eigenvalue weighted by molar-refractivity contribution is 5.88. The number of hydrogen-bond acceptors (Lipinski definition) is 3. The first-order valence-electron chi connectivity index (χ1n) is 8.97. The average Bonchev–Trinajstić information content (AvgIpc) is 3.22. The first-order valence-corrected chi connectivity index (χ1v) is 8.97. The molecule has 0 bridgehead atoms. The van der Waals surface area contributed by atoms with Crippen molar-refractivity contribution in [3.05, 3.63) is 78.0 Å². The Morgan fingerprint density at radius 3 is 2.92 bits per heavy atom. The molecule has 132 valence electrons. The molecule has 1 aromatic carbocycles. The van der Waals surface area contributed by atoms with Gasteiger partial charge in [0, 0.05) is 25.1 Å². The van der Waals surface area contributed by atoms with Crippen LogP contribution in [0.1, 0.15) is 36.5 Å². The molecular formula is C21H22N4O. The van der Waals surface area contributed by atoms with Gasteiger partial charge in [0.15, 0.2) is 0 Å². The van der Waals surface area contributed by atoms with Crippen LogP contribution in [0.25, 0.3) is 5.82 Å². The molecule has 3 aromatic rings. The Morgan fingerprint density at radius 1 is 1.27 bits per heavy atom. The van der Waals surface area contributed by atoms with E-state index in [1.807, 2.05) is 29.0 Å². The molecule has 1 N–H and O–H groups in total. The lowest BCUT2D eigenvalue weighted by atomic mass is 9.70. The molecule has 0 fully saturated rings. The minimum atomic E-state index is -0.459. The molecular weight excluding hydrogens is 324 g/mol. The van der Waals surface area contributed by atoms with Gasteiger partial charge in [-0.2, -0.15) is 0 Å². The fraction of sp³-hybridized carbons (Fsp3) is 0.286. The van der Waals surface area contributed by atoms with Gasteiger partial charge in [0.05, 0.1) is 5.41 Å². The summed E-state index contributed by atoms with van der Waals surface area (Å²) in [5, 5.41) is 3.11. The zero-order chi connectivity index (χ0) is 18.0. The maximum atomic E-state index is 13.0. The second-order valence-corrected chi connectivity index (χ2v) is 7.02. The van der Waals surface area contributed by atoms with Gasteiger partial charge in [-0.25, -0.2) is 9.97 Å². The maximum Gasteiger partial charge on any atom is 0.230 e. The molecule has 0 unspecified atom stereocenters. The highest BCUT2D eigenvalue weighted by atomic mass is 16.2. The van der Waals surface area contributed by atoms with E-state index in [4.69, 9.17) is 0 Å². The van der Waals surface area contributed by atoms with E-state index in [1.54, 1.807) is 18.7 Å². The second-order valence-electron chi connectivity index (χ2n) is 7.02. The molecule has 5 heteroatoms. The molecule has 0 radical (unpaired) electrons. The molecule has 0 saturated carbocycles. The molecule has 1 amide bonds. The van der Waals surface area contributed by atoms with Crippen LogP contribution in [0.2, 0.25) is 0 Å². The molecule has 0 saturated heterocycles. The Hall–Kier alpha value is -2.95. The lowest BCUT2D eigenvalue weighted by Crippen LogP contribution is -2.44. The van der Waals surface area contributed by atoms with Crippen LogP contribution in [0.15, 0.2) is 61.3 Å². The van der Waals surface area contributed by atoms with Crippen LogP contribution in [0, 0.1) is 0 Å². The van der Waals surface area contributed by atoms with E-state index in [0.717, 1.165) is 36.2 Å². The van der Waals surface area contributed by atoms with Crippen molar-refractivity contribution in [1.29, 1.82) is 0 Å². The normalized spacial score (nSPS) is 19.0. The van der Waals surface area contributed by atoms with Crippen LogP contribution in [0.3, 0.4) is 0 Å². The van der Waals surface area contributed by atoms with Crippen molar-refractivity contribution >= 4 is 5.91 Å². The van der Waals surface area contributed by atoms with Gasteiger partial charge in [-0.15, -0.1) is 0 Å². The van der Waals surface area contributed by atoms with Crippen molar-refractivity contribution in [3.63, 3.8) is 0 Å². The minimum Gasteiger partial charge on any atom is -0.351 e. The number of nitrogens with one attached hydrogen (secondary N) is 1. The largest absolute Gasteiger partial charge is 0.351 e. The number of amides is 1. The molecule has 1 atom stereocenters. The third-order valence-corrected chi connectivity index (χ3v) is 5.27. The minimum absolute atomic E-state index is 0.0864. The van der Waals surface area contributed by atoms with E-state index in [9.17, 15) is 4.79 Å². The van der Waals surface area contributed by atoms with Gasteiger partial charge < -0.3 is 5.32 Å². The third kappa shape index (κ3) is 3.01. The molecule has 1 aliphatic carbocycles. The summed E-state index contributed by atoms with van der Waals surface area (Å²) in [5.74, 6) is 0.897. The second kappa shape index (κ2) is 6.75. The van der Waals surface area contributed by atoms with Crippen LogP contribution in [0.4, 0.5) is 0 Å². The lowest BCUT2D eigenvalue weighted by Gasteiger charge is -2.34. The Kier molecular flexibility index (Phi) is 4.29. The van der Waals surface area contributed by atoms with E-state index in [2.05, 4.69) is 40.4 Å². The summed E-state index contributed by atoms with van der Waals surface area (Å²) in [5.41, 5.74) is 2.98.